The van der Waals surface area contributed by atoms with Crippen molar-refractivity contribution in [1.29, 1.82) is 0 Å². The van der Waals surface area contributed by atoms with Crippen molar-refractivity contribution < 1.29 is 9.15 Å². The monoisotopic (exact) mass is 211 g/mol. The minimum Gasteiger partial charge on any atom is -0.424 e. The third kappa shape index (κ3) is 5.29. The van der Waals surface area contributed by atoms with Crippen LogP contribution in [0.1, 0.15) is 18.2 Å². The third-order valence-corrected chi connectivity index (χ3v) is 1.73. The van der Waals surface area contributed by atoms with Crippen molar-refractivity contribution in [1.82, 2.24) is 15.5 Å². The molecule has 1 N–H and O–H groups in total. The second-order valence-electron chi connectivity index (χ2n) is 3.08. The molecule has 0 fully saturated rings. The second kappa shape index (κ2) is 7.14. The van der Waals surface area contributed by atoms with E-state index in [1.165, 1.54) is 0 Å². The smallest absolute Gasteiger partial charge is 0.230 e. The van der Waals surface area contributed by atoms with E-state index in [0.29, 0.717) is 24.9 Å². The van der Waals surface area contributed by atoms with Crippen LogP contribution in [0.3, 0.4) is 0 Å². The van der Waals surface area contributed by atoms with Crippen LogP contribution in [0.4, 0.5) is 0 Å². The highest BCUT2D eigenvalue weighted by Crippen LogP contribution is 1.95. The van der Waals surface area contributed by atoms with Crippen LogP contribution in [0.15, 0.2) is 17.1 Å². The first-order valence-electron chi connectivity index (χ1n) is 5.01. The van der Waals surface area contributed by atoms with Crippen LogP contribution in [0.5, 0.6) is 0 Å². The number of nitrogens with zero attached hydrogens (tertiary/aromatic N) is 2. The Bertz CT molecular complexity index is 286. The molecule has 0 aromatic carbocycles. The minimum absolute atomic E-state index is 0.589. The molecule has 0 radical (unpaired) electrons. The number of nitrogens with one attached hydrogen (secondary N) is 1. The molecule has 0 amide bonds. The topological polar surface area (TPSA) is 60.2 Å². The van der Waals surface area contributed by atoms with E-state index in [4.69, 9.17) is 9.15 Å². The van der Waals surface area contributed by atoms with E-state index in [0.717, 1.165) is 19.6 Å². The van der Waals surface area contributed by atoms with Gasteiger partial charge in [0.05, 0.1) is 19.8 Å². The van der Waals surface area contributed by atoms with Gasteiger partial charge in [-0.1, -0.05) is 6.08 Å². The zero-order valence-electron chi connectivity index (χ0n) is 9.03. The van der Waals surface area contributed by atoms with Crippen molar-refractivity contribution in [3.05, 3.63) is 24.4 Å². The standard InChI is InChI=1S/C10H17N3O2/c1-3-4-6-14-7-5-11-8-10-13-12-9(2)15-10/h3,11H,1,4-8H2,2H3. The predicted octanol–water partition coefficient (Wildman–Crippen LogP) is 1.06. The SMILES string of the molecule is C=CCCOCCNCc1nnc(C)o1. The van der Waals surface area contributed by atoms with Crippen molar-refractivity contribution >= 4 is 0 Å². The van der Waals surface area contributed by atoms with Crippen molar-refractivity contribution in [3.63, 3.8) is 0 Å². The Balaban J connectivity index is 1.95. The summed E-state index contributed by atoms with van der Waals surface area (Å²) in [7, 11) is 0. The highest BCUT2D eigenvalue weighted by atomic mass is 16.5. The van der Waals surface area contributed by atoms with Crippen molar-refractivity contribution in [3.8, 4) is 0 Å². The summed E-state index contributed by atoms with van der Waals surface area (Å²) in [5, 5.41) is 10.7. The van der Waals surface area contributed by atoms with Crippen molar-refractivity contribution in [2.45, 2.75) is 19.9 Å². The fourth-order valence-electron chi connectivity index (χ4n) is 1.02. The third-order valence-electron chi connectivity index (χ3n) is 1.73. The lowest BCUT2D eigenvalue weighted by atomic mass is 10.4. The summed E-state index contributed by atoms with van der Waals surface area (Å²) in [4.78, 5) is 0. The van der Waals surface area contributed by atoms with Crippen molar-refractivity contribution in [2.75, 3.05) is 19.8 Å². The second-order valence-corrected chi connectivity index (χ2v) is 3.08. The first kappa shape index (κ1) is 11.9. The normalized spacial score (nSPS) is 10.5. The van der Waals surface area contributed by atoms with Gasteiger partial charge in [-0.15, -0.1) is 16.8 Å². The molecule has 0 atom stereocenters. The lowest BCUT2D eigenvalue weighted by Gasteiger charge is -2.02. The Morgan fingerprint density at radius 3 is 3.00 bits per heavy atom. The van der Waals surface area contributed by atoms with Crippen LogP contribution in [-0.2, 0) is 11.3 Å². The van der Waals surface area contributed by atoms with Gasteiger partial charge in [-0.25, -0.2) is 0 Å². The molecular formula is C10H17N3O2. The van der Waals surface area contributed by atoms with Crippen LogP contribution in [0, 0.1) is 6.92 Å². The molecule has 1 aromatic rings. The Morgan fingerprint density at radius 1 is 1.47 bits per heavy atom. The summed E-state index contributed by atoms with van der Waals surface area (Å²) >= 11 is 0. The van der Waals surface area contributed by atoms with Crippen molar-refractivity contribution in [2.24, 2.45) is 0 Å². The van der Waals surface area contributed by atoms with Gasteiger partial charge in [-0.2, -0.15) is 0 Å². The number of ether oxygens (including phenoxy) is 1. The Morgan fingerprint density at radius 2 is 2.33 bits per heavy atom. The molecule has 0 aliphatic carbocycles. The average Bonchev–Trinajstić information content (AvgIpc) is 2.63. The molecule has 1 rings (SSSR count). The maximum Gasteiger partial charge on any atom is 0.230 e. The predicted molar refractivity (Wildman–Crippen MR) is 56.4 cm³/mol. The summed E-state index contributed by atoms with van der Waals surface area (Å²) in [5.41, 5.74) is 0. The van der Waals surface area contributed by atoms with E-state index >= 15 is 0 Å². The van der Waals surface area contributed by atoms with Gasteiger partial charge >= 0.3 is 0 Å². The van der Waals surface area contributed by atoms with Gasteiger partial charge in [0.1, 0.15) is 0 Å². The lowest BCUT2D eigenvalue weighted by molar-refractivity contribution is 0.140. The van der Waals surface area contributed by atoms with E-state index in [1.807, 2.05) is 6.08 Å². The highest BCUT2D eigenvalue weighted by molar-refractivity contribution is 4.77. The Labute approximate surface area is 89.5 Å². The van der Waals surface area contributed by atoms with Gasteiger partial charge in [0.2, 0.25) is 11.8 Å². The molecule has 1 aromatic heterocycles. The lowest BCUT2D eigenvalue weighted by Crippen LogP contribution is -2.19. The fraction of sp³-hybridized carbons (Fsp3) is 0.600. The van der Waals surface area contributed by atoms with Gasteiger partial charge < -0.3 is 14.5 Å². The van der Waals surface area contributed by atoms with Gasteiger partial charge in [0, 0.05) is 13.5 Å². The molecule has 5 nitrogen and oxygen atoms in total. The van der Waals surface area contributed by atoms with Gasteiger partial charge in [-0.05, 0) is 6.42 Å². The largest absolute Gasteiger partial charge is 0.424 e. The molecule has 0 spiro atoms. The molecule has 84 valence electrons. The van der Waals surface area contributed by atoms with Crippen LogP contribution in [-0.4, -0.2) is 30.0 Å². The molecule has 0 aliphatic heterocycles. The first-order valence-corrected chi connectivity index (χ1v) is 5.01. The average molecular weight is 211 g/mol. The molecule has 0 saturated heterocycles. The molecule has 0 aliphatic rings. The molecular weight excluding hydrogens is 194 g/mol. The summed E-state index contributed by atoms with van der Waals surface area (Å²) < 4.78 is 10.5. The number of hydrogen-bond donors (Lipinski definition) is 1. The molecule has 5 heteroatoms. The van der Waals surface area contributed by atoms with Crippen LogP contribution in [0.25, 0.3) is 0 Å². The van der Waals surface area contributed by atoms with Crippen LogP contribution >= 0.6 is 0 Å². The zero-order chi connectivity index (χ0) is 10.9. The maximum absolute atomic E-state index is 5.32. The van der Waals surface area contributed by atoms with Gasteiger partial charge in [-0.3, -0.25) is 0 Å². The Hall–Kier alpha value is -1.20. The summed E-state index contributed by atoms with van der Waals surface area (Å²) in [5.74, 6) is 1.20. The molecule has 0 unspecified atom stereocenters. The number of hydrogen-bond acceptors (Lipinski definition) is 5. The first-order chi connectivity index (χ1) is 7.33. The fourth-order valence-corrected chi connectivity index (χ4v) is 1.02. The van der Waals surface area contributed by atoms with E-state index in [1.54, 1.807) is 6.92 Å². The number of rotatable bonds is 8. The summed E-state index contributed by atoms with van der Waals surface area (Å²) in [6.07, 6.45) is 2.73. The number of aryl methyl sites for hydroxylation is 1. The van der Waals surface area contributed by atoms with Gasteiger partial charge in [0.25, 0.3) is 0 Å². The summed E-state index contributed by atoms with van der Waals surface area (Å²) in [6.45, 7) is 8.16. The maximum atomic E-state index is 5.32. The summed E-state index contributed by atoms with van der Waals surface area (Å²) in [6, 6.07) is 0. The number of aromatic nitrogens is 2. The van der Waals surface area contributed by atoms with E-state index < -0.39 is 0 Å². The highest BCUT2D eigenvalue weighted by Gasteiger charge is 1.99. The van der Waals surface area contributed by atoms with Crippen LogP contribution < -0.4 is 5.32 Å². The molecule has 1 heterocycles. The minimum atomic E-state index is 0.589. The Kier molecular flexibility index (Phi) is 5.65. The quantitative estimate of drug-likeness (QED) is 0.514. The zero-order valence-corrected chi connectivity index (χ0v) is 9.03. The molecule has 0 saturated carbocycles. The van der Waals surface area contributed by atoms with Gasteiger partial charge in [0.15, 0.2) is 0 Å². The van der Waals surface area contributed by atoms with E-state index in [9.17, 15) is 0 Å². The van der Waals surface area contributed by atoms with Crippen LogP contribution in [0.2, 0.25) is 0 Å². The molecule has 15 heavy (non-hydrogen) atoms. The van der Waals surface area contributed by atoms with E-state index in [-0.39, 0.29) is 0 Å². The van der Waals surface area contributed by atoms with E-state index in [2.05, 4.69) is 22.1 Å². The molecule has 0 bridgehead atoms.